The summed E-state index contributed by atoms with van der Waals surface area (Å²) in [5.41, 5.74) is 1.88. The quantitative estimate of drug-likeness (QED) is 0.662. The summed E-state index contributed by atoms with van der Waals surface area (Å²) in [6, 6.07) is 1.69. The zero-order chi connectivity index (χ0) is 11.2. The van der Waals surface area contributed by atoms with Gasteiger partial charge in [-0.25, -0.2) is 0 Å². The van der Waals surface area contributed by atoms with Crippen LogP contribution >= 0.6 is 34.8 Å². The number of hydrogen-bond acceptors (Lipinski definition) is 2. The van der Waals surface area contributed by atoms with Crippen LogP contribution in [0.5, 0.6) is 0 Å². The molecular weight excluding hydrogens is 254 g/mol. The lowest BCUT2D eigenvalue weighted by Crippen LogP contribution is -2.37. The van der Waals surface area contributed by atoms with E-state index in [-0.39, 0.29) is 0 Å². The number of nitrogens with zero attached hydrogens (tertiary/aromatic N) is 2. The van der Waals surface area contributed by atoms with E-state index < -0.39 is 0 Å². The van der Waals surface area contributed by atoms with Gasteiger partial charge in [-0.2, -0.15) is 0 Å². The van der Waals surface area contributed by atoms with Gasteiger partial charge in [-0.3, -0.25) is 0 Å². The summed E-state index contributed by atoms with van der Waals surface area (Å²) >= 11 is 18.4. The molecule has 0 bridgehead atoms. The van der Waals surface area contributed by atoms with Gasteiger partial charge in [0.05, 0.1) is 26.4 Å². The summed E-state index contributed by atoms with van der Waals surface area (Å²) < 4.78 is 0. The third-order valence-corrected chi connectivity index (χ3v) is 3.72. The van der Waals surface area contributed by atoms with Crippen LogP contribution in [0.1, 0.15) is 0 Å². The Morgan fingerprint density at radius 3 is 2.07 bits per heavy atom. The summed E-state index contributed by atoms with van der Waals surface area (Å²) in [5, 5.41) is 1.72. The van der Waals surface area contributed by atoms with Crippen LogP contribution in [-0.4, -0.2) is 27.2 Å². The maximum absolute atomic E-state index is 6.18. The normalized spacial score (nSPS) is 15.5. The molecule has 1 aromatic rings. The molecule has 5 heteroatoms. The number of likely N-dealkylation sites (N-methyl/N-ethyl adjacent to an activating group) is 2. The first-order valence-corrected chi connectivity index (χ1v) is 5.75. The number of hydrogen-bond donors (Lipinski definition) is 0. The predicted molar refractivity (Wildman–Crippen MR) is 68.0 cm³/mol. The SMILES string of the molecule is CN1CCN(C)c2c(Cl)c(Cl)cc(Cl)c21. The zero-order valence-electron chi connectivity index (χ0n) is 8.52. The molecule has 15 heavy (non-hydrogen) atoms. The number of anilines is 2. The van der Waals surface area contributed by atoms with E-state index in [9.17, 15) is 0 Å². The summed E-state index contributed by atoms with van der Waals surface area (Å²) in [7, 11) is 3.99. The molecule has 0 amide bonds. The minimum atomic E-state index is 0.502. The lowest BCUT2D eigenvalue weighted by Gasteiger charge is -2.36. The lowest BCUT2D eigenvalue weighted by atomic mass is 10.2. The highest BCUT2D eigenvalue weighted by Gasteiger charge is 2.24. The molecule has 1 aliphatic rings. The Labute approximate surface area is 104 Å². The summed E-state index contributed by atoms with van der Waals surface area (Å²) in [5.74, 6) is 0. The first-order chi connectivity index (χ1) is 7.02. The van der Waals surface area contributed by atoms with Crippen molar-refractivity contribution in [2.24, 2.45) is 0 Å². The summed E-state index contributed by atoms with van der Waals surface area (Å²) in [6.45, 7) is 1.85. The van der Waals surface area contributed by atoms with Crippen molar-refractivity contribution < 1.29 is 0 Å². The van der Waals surface area contributed by atoms with Crippen molar-refractivity contribution in [3.05, 3.63) is 21.1 Å². The molecule has 0 aromatic heterocycles. The monoisotopic (exact) mass is 264 g/mol. The maximum Gasteiger partial charge on any atom is 0.0848 e. The van der Waals surface area contributed by atoms with E-state index in [4.69, 9.17) is 34.8 Å². The first-order valence-electron chi connectivity index (χ1n) is 4.62. The molecule has 82 valence electrons. The fourth-order valence-electron chi connectivity index (χ4n) is 1.81. The van der Waals surface area contributed by atoms with Crippen molar-refractivity contribution in [2.45, 2.75) is 0 Å². The van der Waals surface area contributed by atoms with Gasteiger partial charge in [0, 0.05) is 27.2 Å². The van der Waals surface area contributed by atoms with Crippen molar-refractivity contribution in [1.29, 1.82) is 0 Å². The van der Waals surface area contributed by atoms with Gasteiger partial charge in [0.15, 0.2) is 0 Å². The van der Waals surface area contributed by atoms with Crippen molar-refractivity contribution in [2.75, 3.05) is 37.0 Å². The van der Waals surface area contributed by atoms with Crippen LogP contribution in [0.15, 0.2) is 6.07 Å². The summed E-state index contributed by atoms with van der Waals surface area (Å²) in [6.07, 6.45) is 0. The van der Waals surface area contributed by atoms with Gasteiger partial charge in [0.25, 0.3) is 0 Å². The number of halogens is 3. The Morgan fingerprint density at radius 1 is 0.933 bits per heavy atom. The van der Waals surface area contributed by atoms with Crippen LogP contribution in [0.4, 0.5) is 11.4 Å². The van der Waals surface area contributed by atoms with Crippen LogP contribution < -0.4 is 9.80 Å². The Kier molecular flexibility index (Phi) is 2.93. The second kappa shape index (κ2) is 3.93. The molecule has 0 N–H and O–H groups in total. The van der Waals surface area contributed by atoms with Gasteiger partial charge >= 0.3 is 0 Å². The average Bonchev–Trinajstić information content (AvgIpc) is 2.18. The third kappa shape index (κ3) is 1.75. The highest BCUT2D eigenvalue weighted by Crippen LogP contribution is 2.46. The molecule has 0 spiro atoms. The van der Waals surface area contributed by atoms with E-state index >= 15 is 0 Å². The highest BCUT2D eigenvalue weighted by atomic mass is 35.5. The predicted octanol–water partition coefficient (Wildman–Crippen LogP) is 3.53. The highest BCUT2D eigenvalue weighted by molar-refractivity contribution is 6.46. The van der Waals surface area contributed by atoms with E-state index in [2.05, 4.69) is 9.80 Å². The Balaban J connectivity index is 2.71. The lowest BCUT2D eigenvalue weighted by molar-refractivity contribution is 0.798. The van der Waals surface area contributed by atoms with E-state index in [1.807, 2.05) is 14.1 Å². The standard InChI is InChI=1S/C10H11Cl3N2/c1-14-3-4-15(2)10-8(13)6(11)5-7(12)9(10)14/h5H,3-4H2,1-2H3. The number of fused-ring (bicyclic) bond motifs is 1. The van der Waals surface area contributed by atoms with Gasteiger partial charge in [0.1, 0.15) is 0 Å². The fraction of sp³-hybridized carbons (Fsp3) is 0.400. The van der Waals surface area contributed by atoms with Crippen LogP contribution in [0.3, 0.4) is 0 Å². The van der Waals surface area contributed by atoms with E-state index in [0.29, 0.717) is 15.1 Å². The van der Waals surface area contributed by atoms with Crippen LogP contribution in [0.2, 0.25) is 15.1 Å². The molecule has 0 aliphatic carbocycles. The minimum absolute atomic E-state index is 0.502. The van der Waals surface area contributed by atoms with Gasteiger partial charge < -0.3 is 9.80 Å². The molecule has 0 saturated heterocycles. The number of benzene rings is 1. The Morgan fingerprint density at radius 2 is 1.47 bits per heavy atom. The first kappa shape index (κ1) is 11.2. The van der Waals surface area contributed by atoms with Gasteiger partial charge in [-0.05, 0) is 6.07 Å². The zero-order valence-corrected chi connectivity index (χ0v) is 10.8. The molecule has 1 aliphatic heterocycles. The third-order valence-electron chi connectivity index (χ3n) is 2.66. The molecule has 1 heterocycles. The minimum Gasteiger partial charge on any atom is -0.370 e. The molecule has 0 radical (unpaired) electrons. The van der Waals surface area contributed by atoms with Crippen molar-refractivity contribution in [1.82, 2.24) is 0 Å². The average molecular weight is 266 g/mol. The van der Waals surface area contributed by atoms with Gasteiger partial charge in [-0.1, -0.05) is 34.8 Å². The molecular formula is C10H11Cl3N2. The smallest absolute Gasteiger partial charge is 0.0848 e. The van der Waals surface area contributed by atoms with Gasteiger partial charge in [-0.15, -0.1) is 0 Å². The Hall–Kier alpha value is -0.310. The van der Waals surface area contributed by atoms with Crippen LogP contribution in [0, 0.1) is 0 Å². The van der Waals surface area contributed by atoms with Crippen molar-refractivity contribution >= 4 is 46.2 Å². The second-order valence-electron chi connectivity index (χ2n) is 3.69. The molecule has 2 rings (SSSR count). The molecule has 2 nitrogen and oxygen atoms in total. The van der Waals surface area contributed by atoms with E-state index in [1.54, 1.807) is 6.07 Å². The molecule has 0 fully saturated rings. The molecule has 0 saturated carbocycles. The second-order valence-corrected chi connectivity index (χ2v) is 4.89. The molecule has 0 unspecified atom stereocenters. The van der Waals surface area contributed by atoms with Gasteiger partial charge in [0.2, 0.25) is 0 Å². The van der Waals surface area contributed by atoms with Crippen molar-refractivity contribution in [3.8, 4) is 0 Å². The molecule has 1 aromatic carbocycles. The summed E-state index contributed by atoms with van der Waals surface area (Å²) in [4.78, 5) is 4.18. The van der Waals surface area contributed by atoms with Crippen molar-refractivity contribution in [3.63, 3.8) is 0 Å². The maximum atomic E-state index is 6.18. The number of rotatable bonds is 0. The topological polar surface area (TPSA) is 6.48 Å². The van der Waals surface area contributed by atoms with E-state index in [0.717, 1.165) is 24.5 Å². The largest absolute Gasteiger partial charge is 0.370 e. The van der Waals surface area contributed by atoms with E-state index in [1.165, 1.54) is 0 Å². The fourth-order valence-corrected chi connectivity index (χ4v) is 2.69. The Bertz CT molecular complexity index is 406. The van der Waals surface area contributed by atoms with Crippen LogP contribution in [0.25, 0.3) is 0 Å². The molecule has 0 atom stereocenters. The van der Waals surface area contributed by atoms with Crippen LogP contribution in [-0.2, 0) is 0 Å².